The van der Waals surface area contributed by atoms with Gasteiger partial charge in [-0.05, 0) is 126 Å². The Morgan fingerprint density at radius 2 is 1.37 bits per heavy atom. The van der Waals surface area contributed by atoms with E-state index in [0.29, 0.717) is 29.6 Å². The molecule has 0 aliphatic heterocycles. The van der Waals surface area contributed by atoms with Gasteiger partial charge in [0.2, 0.25) is 5.43 Å². The van der Waals surface area contributed by atoms with Gasteiger partial charge in [-0.25, -0.2) is 9.59 Å². The standard InChI is InChI=1S/C33H46N2O6/c1-32(2,13-9-15-34(5)6)19-22-18-26-28(29(36)23-17-21(30(37)38)11-12-25(23)41-26)24(27(22)31(39)40)20-33(3,4)14-10-16-35(7)8/h11-12,17-18H,9-10,13-16,19-20H2,1-8H3,(H,37,38)(H,39,40). The van der Waals surface area contributed by atoms with Crippen molar-refractivity contribution >= 4 is 33.9 Å². The second kappa shape index (κ2) is 12.7. The number of carboxylic acids is 2. The fourth-order valence-corrected chi connectivity index (χ4v) is 5.78. The second-order valence-corrected chi connectivity index (χ2v) is 13.5. The Bertz CT molecular complexity index is 1480. The maximum atomic E-state index is 14.0. The minimum atomic E-state index is -1.15. The average molecular weight is 567 g/mol. The third-order valence-electron chi connectivity index (χ3n) is 7.85. The quantitative estimate of drug-likeness (QED) is 0.223. The van der Waals surface area contributed by atoms with Gasteiger partial charge in [-0.1, -0.05) is 27.7 Å². The highest BCUT2D eigenvalue weighted by molar-refractivity contribution is 6.02. The molecule has 2 N–H and O–H groups in total. The highest BCUT2D eigenvalue weighted by Crippen LogP contribution is 2.37. The molecule has 41 heavy (non-hydrogen) atoms. The molecule has 3 rings (SSSR count). The van der Waals surface area contributed by atoms with Gasteiger partial charge in [-0.15, -0.1) is 0 Å². The Morgan fingerprint density at radius 1 is 0.805 bits per heavy atom. The third-order valence-corrected chi connectivity index (χ3v) is 7.85. The van der Waals surface area contributed by atoms with Gasteiger partial charge in [0.1, 0.15) is 11.2 Å². The van der Waals surface area contributed by atoms with Crippen molar-refractivity contribution in [1.82, 2.24) is 9.80 Å². The largest absolute Gasteiger partial charge is 0.478 e. The molecule has 8 heteroatoms. The monoisotopic (exact) mass is 566 g/mol. The summed E-state index contributed by atoms with van der Waals surface area (Å²) < 4.78 is 6.23. The van der Waals surface area contributed by atoms with Crippen LogP contribution in [-0.4, -0.2) is 73.2 Å². The summed E-state index contributed by atoms with van der Waals surface area (Å²) in [6.45, 7) is 10.3. The molecule has 0 fully saturated rings. The van der Waals surface area contributed by atoms with Crippen molar-refractivity contribution in [3.8, 4) is 0 Å². The summed E-state index contributed by atoms with van der Waals surface area (Å²) in [6, 6.07) is 5.95. The summed E-state index contributed by atoms with van der Waals surface area (Å²) in [5.74, 6) is -2.21. The van der Waals surface area contributed by atoms with Gasteiger partial charge >= 0.3 is 11.9 Å². The number of carbonyl (C=O) groups is 2. The topological polar surface area (TPSA) is 111 Å². The lowest BCUT2D eigenvalue weighted by atomic mass is 9.75. The molecule has 1 heterocycles. The Balaban J connectivity index is 2.28. The number of hydrogen-bond donors (Lipinski definition) is 2. The molecule has 0 atom stereocenters. The van der Waals surface area contributed by atoms with Crippen LogP contribution in [0.1, 0.15) is 85.2 Å². The van der Waals surface area contributed by atoms with Gasteiger partial charge in [-0.2, -0.15) is 0 Å². The number of aromatic carboxylic acids is 2. The van der Waals surface area contributed by atoms with Crippen LogP contribution in [0, 0.1) is 10.8 Å². The Kier molecular flexibility index (Phi) is 10.0. The highest BCUT2D eigenvalue weighted by Gasteiger charge is 2.30. The first-order valence-electron chi connectivity index (χ1n) is 14.3. The summed E-state index contributed by atoms with van der Waals surface area (Å²) in [5.41, 5.74) is 1.02. The summed E-state index contributed by atoms with van der Waals surface area (Å²) in [6.07, 6.45) is 4.56. The van der Waals surface area contributed by atoms with Crippen LogP contribution in [-0.2, 0) is 12.8 Å². The van der Waals surface area contributed by atoms with E-state index in [1.807, 2.05) is 28.2 Å². The van der Waals surface area contributed by atoms with Crippen molar-refractivity contribution in [2.45, 2.75) is 66.2 Å². The van der Waals surface area contributed by atoms with E-state index in [9.17, 15) is 24.6 Å². The molecule has 0 radical (unpaired) electrons. The lowest BCUT2D eigenvalue weighted by molar-refractivity contribution is 0.0684. The van der Waals surface area contributed by atoms with E-state index in [1.54, 1.807) is 6.07 Å². The van der Waals surface area contributed by atoms with Crippen molar-refractivity contribution < 1.29 is 24.2 Å². The van der Waals surface area contributed by atoms with Crippen LogP contribution in [0.2, 0.25) is 0 Å². The molecule has 0 saturated heterocycles. The minimum absolute atomic E-state index is 0.0238. The highest BCUT2D eigenvalue weighted by atomic mass is 16.4. The predicted octanol–water partition coefficient (Wildman–Crippen LogP) is 6.16. The van der Waals surface area contributed by atoms with Crippen molar-refractivity contribution in [3.63, 3.8) is 0 Å². The van der Waals surface area contributed by atoms with E-state index >= 15 is 0 Å². The van der Waals surface area contributed by atoms with Crippen LogP contribution in [0.25, 0.3) is 21.9 Å². The first-order chi connectivity index (χ1) is 19.0. The fourth-order valence-electron chi connectivity index (χ4n) is 5.78. The molecule has 3 aromatic rings. The Hall–Kier alpha value is -3.23. The summed E-state index contributed by atoms with van der Waals surface area (Å²) in [7, 11) is 8.12. The van der Waals surface area contributed by atoms with E-state index in [-0.39, 0.29) is 38.3 Å². The molecular weight excluding hydrogens is 520 g/mol. The smallest absolute Gasteiger partial charge is 0.336 e. The van der Waals surface area contributed by atoms with Crippen molar-refractivity contribution in [3.05, 3.63) is 56.7 Å². The summed E-state index contributed by atoms with van der Waals surface area (Å²) >= 11 is 0. The number of fused-ring (bicyclic) bond motifs is 2. The molecule has 0 saturated carbocycles. The molecule has 2 aromatic carbocycles. The fraction of sp³-hybridized carbons (Fsp3) is 0.545. The van der Waals surface area contributed by atoms with Crippen LogP contribution >= 0.6 is 0 Å². The van der Waals surface area contributed by atoms with Crippen molar-refractivity contribution in [2.24, 2.45) is 10.8 Å². The van der Waals surface area contributed by atoms with Gasteiger partial charge in [0.25, 0.3) is 0 Å². The number of carboxylic acid groups (broad SMARTS) is 2. The van der Waals surface area contributed by atoms with Crippen LogP contribution in [0.15, 0.2) is 33.5 Å². The zero-order chi connectivity index (χ0) is 30.7. The SMILES string of the molecule is CN(C)CCCC(C)(C)Cc1cc2oc3ccc(C(=O)O)cc3c(=O)c2c(CC(C)(C)CCCN(C)C)c1C(=O)O. The third kappa shape index (κ3) is 8.17. The number of rotatable bonds is 14. The van der Waals surface area contributed by atoms with E-state index in [2.05, 4.69) is 37.5 Å². The van der Waals surface area contributed by atoms with Crippen LogP contribution in [0.3, 0.4) is 0 Å². The molecule has 0 unspecified atom stereocenters. The molecule has 0 spiro atoms. The van der Waals surface area contributed by atoms with Crippen molar-refractivity contribution in [2.75, 3.05) is 41.3 Å². The van der Waals surface area contributed by atoms with E-state index in [4.69, 9.17) is 4.42 Å². The van der Waals surface area contributed by atoms with E-state index in [1.165, 1.54) is 18.2 Å². The van der Waals surface area contributed by atoms with Gasteiger partial charge in [-0.3, -0.25) is 4.79 Å². The molecular formula is C33H46N2O6. The maximum absolute atomic E-state index is 14.0. The number of hydrogen-bond acceptors (Lipinski definition) is 6. The molecule has 8 nitrogen and oxygen atoms in total. The Morgan fingerprint density at radius 3 is 1.88 bits per heavy atom. The molecule has 0 amide bonds. The minimum Gasteiger partial charge on any atom is -0.478 e. The van der Waals surface area contributed by atoms with Gasteiger partial charge in [0.15, 0.2) is 0 Å². The lowest BCUT2D eigenvalue weighted by Crippen LogP contribution is -2.24. The lowest BCUT2D eigenvalue weighted by Gasteiger charge is -2.29. The summed E-state index contributed by atoms with van der Waals surface area (Å²) in [4.78, 5) is 42.8. The zero-order valence-electron chi connectivity index (χ0n) is 25.9. The van der Waals surface area contributed by atoms with Gasteiger partial charge in [0, 0.05) is 0 Å². The molecule has 0 aliphatic rings. The molecule has 0 aliphatic carbocycles. The first kappa shape index (κ1) is 32.3. The molecule has 0 bridgehead atoms. The van der Waals surface area contributed by atoms with E-state index < -0.39 is 17.4 Å². The van der Waals surface area contributed by atoms with Gasteiger partial charge < -0.3 is 24.4 Å². The van der Waals surface area contributed by atoms with Crippen LogP contribution < -0.4 is 5.43 Å². The first-order valence-corrected chi connectivity index (χ1v) is 14.3. The van der Waals surface area contributed by atoms with Crippen LogP contribution in [0.4, 0.5) is 0 Å². The van der Waals surface area contributed by atoms with Crippen molar-refractivity contribution in [1.29, 1.82) is 0 Å². The van der Waals surface area contributed by atoms with Crippen LogP contribution in [0.5, 0.6) is 0 Å². The zero-order valence-corrected chi connectivity index (χ0v) is 25.9. The normalized spacial score (nSPS) is 12.6. The number of nitrogens with zero attached hydrogens (tertiary/aromatic N) is 2. The molecule has 224 valence electrons. The Labute approximate surface area is 242 Å². The molecule has 1 aromatic heterocycles. The van der Waals surface area contributed by atoms with E-state index in [0.717, 1.165) is 38.8 Å². The summed E-state index contributed by atoms with van der Waals surface area (Å²) in [5, 5.41) is 20.5. The maximum Gasteiger partial charge on any atom is 0.336 e. The number of benzene rings is 2. The van der Waals surface area contributed by atoms with Gasteiger partial charge in [0.05, 0.1) is 21.9 Å². The predicted molar refractivity (Wildman–Crippen MR) is 164 cm³/mol. The average Bonchev–Trinajstić information content (AvgIpc) is 2.82. The second-order valence-electron chi connectivity index (χ2n) is 13.5.